The lowest BCUT2D eigenvalue weighted by atomic mass is 9.96. The Morgan fingerprint density at radius 3 is 2.95 bits per heavy atom. The average Bonchev–Trinajstić information content (AvgIpc) is 2.47. The fourth-order valence-electron chi connectivity index (χ4n) is 2.77. The summed E-state index contributed by atoms with van der Waals surface area (Å²) in [5.74, 6) is 0.923. The van der Waals surface area contributed by atoms with Gasteiger partial charge in [0, 0.05) is 23.1 Å². The molecule has 0 radical (unpaired) electrons. The maximum absolute atomic E-state index is 12.4. The van der Waals surface area contributed by atoms with Gasteiger partial charge in [-0.3, -0.25) is 4.79 Å². The number of halogens is 2. The summed E-state index contributed by atoms with van der Waals surface area (Å²) < 4.78 is 6.61. The first-order valence-electron chi connectivity index (χ1n) is 7.51. The van der Waals surface area contributed by atoms with Crippen LogP contribution in [0, 0.1) is 0 Å². The molecule has 0 aromatic heterocycles. The van der Waals surface area contributed by atoms with Crippen molar-refractivity contribution in [1.82, 2.24) is 4.90 Å². The Hall–Kier alpha value is -0.780. The zero-order valence-corrected chi connectivity index (χ0v) is 15.2. The van der Waals surface area contributed by atoms with Crippen LogP contribution in [-0.2, 0) is 4.79 Å². The van der Waals surface area contributed by atoms with E-state index in [0.717, 1.165) is 36.0 Å². The highest BCUT2D eigenvalue weighted by atomic mass is 79.9. The fraction of sp³-hybridized carbons (Fsp3) is 0.562. The second-order valence-electron chi connectivity index (χ2n) is 5.57. The van der Waals surface area contributed by atoms with E-state index in [-0.39, 0.29) is 30.4 Å². The van der Waals surface area contributed by atoms with Gasteiger partial charge in [0.15, 0.2) is 0 Å². The van der Waals surface area contributed by atoms with Crippen LogP contribution < -0.4 is 10.5 Å². The van der Waals surface area contributed by atoms with E-state index in [0.29, 0.717) is 13.0 Å². The van der Waals surface area contributed by atoms with E-state index < -0.39 is 0 Å². The van der Waals surface area contributed by atoms with Gasteiger partial charge in [0.25, 0.3) is 0 Å². The third kappa shape index (κ3) is 5.45. The van der Waals surface area contributed by atoms with E-state index in [1.165, 1.54) is 0 Å². The summed E-state index contributed by atoms with van der Waals surface area (Å²) in [6.45, 7) is 3.20. The van der Waals surface area contributed by atoms with Crippen LogP contribution in [-0.4, -0.2) is 36.0 Å². The Labute approximate surface area is 146 Å². The molecule has 1 aliphatic heterocycles. The summed E-state index contributed by atoms with van der Waals surface area (Å²) >= 11 is 3.40. The minimum atomic E-state index is 0. The van der Waals surface area contributed by atoms with Crippen molar-refractivity contribution in [1.29, 1.82) is 0 Å². The summed E-state index contributed by atoms with van der Waals surface area (Å²) in [5.41, 5.74) is 6.00. The van der Waals surface area contributed by atoms with Crippen LogP contribution in [0.15, 0.2) is 28.7 Å². The Morgan fingerprint density at radius 1 is 1.50 bits per heavy atom. The Bertz CT molecular complexity index is 485. The Morgan fingerprint density at radius 2 is 2.27 bits per heavy atom. The second-order valence-corrected chi connectivity index (χ2v) is 6.48. The first-order chi connectivity index (χ1) is 10.1. The monoisotopic (exact) mass is 390 g/mol. The number of likely N-dealkylation sites (tertiary alicyclic amines) is 1. The van der Waals surface area contributed by atoms with Crippen molar-refractivity contribution in [3.63, 3.8) is 0 Å². The maximum Gasteiger partial charge on any atom is 0.226 e. The third-order valence-corrected chi connectivity index (χ3v) is 4.35. The van der Waals surface area contributed by atoms with Crippen molar-refractivity contribution in [2.75, 3.05) is 13.2 Å². The first-order valence-corrected chi connectivity index (χ1v) is 8.30. The van der Waals surface area contributed by atoms with Gasteiger partial charge in [-0.15, -0.1) is 12.4 Å². The number of nitrogens with zero attached hydrogens (tertiary/aromatic N) is 1. The number of ether oxygens (including phenoxy) is 1. The number of nitrogens with two attached hydrogens (primary N) is 1. The van der Waals surface area contributed by atoms with Crippen molar-refractivity contribution in [3.8, 4) is 5.75 Å². The lowest BCUT2D eigenvalue weighted by molar-refractivity contribution is -0.135. The predicted molar refractivity (Wildman–Crippen MR) is 94.5 cm³/mol. The molecule has 0 aliphatic carbocycles. The molecule has 124 valence electrons. The molecule has 1 fully saturated rings. The van der Waals surface area contributed by atoms with Gasteiger partial charge in [0.1, 0.15) is 5.75 Å². The number of piperidine rings is 1. The molecule has 2 N–H and O–H groups in total. The number of carbonyl (C=O) groups excluding carboxylic acids is 1. The molecular weight excluding hydrogens is 368 g/mol. The molecular formula is C16H24BrClN2O2. The molecule has 0 bridgehead atoms. The Balaban J connectivity index is 0.00000242. The predicted octanol–water partition coefficient (Wildman–Crippen LogP) is 3.37. The van der Waals surface area contributed by atoms with Crippen LogP contribution in [0.3, 0.4) is 0 Å². The molecule has 2 atom stereocenters. The molecule has 2 unspecified atom stereocenters. The highest BCUT2D eigenvalue weighted by Crippen LogP contribution is 2.21. The number of carbonyl (C=O) groups is 1. The zero-order valence-electron chi connectivity index (χ0n) is 12.8. The highest BCUT2D eigenvalue weighted by molar-refractivity contribution is 9.10. The number of hydrogen-bond acceptors (Lipinski definition) is 3. The van der Waals surface area contributed by atoms with Gasteiger partial charge < -0.3 is 15.4 Å². The summed E-state index contributed by atoms with van der Waals surface area (Å²) in [6, 6.07) is 7.85. The summed E-state index contributed by atoms with van der Waals surface area (Å²) in [5, 5.41) is 0. The summed E-state index contributed by atoms with van der Waals surface area (Å²) in [6.07, 6.45) is 3.64. The van der Waals surface area contributed by atoms with Crippen molar-refractivity contribution in [2.24, 2.45) is 5.73 Å². The molecule has 1 heterocycles. The van der Waals surface area contributed by atoms with E-state index in [2.05, 4.69) is 15.9 Å². The smallest absolute Gasteiger partial charge is 0.226 e. The van der Waals surface area contributed by atoms with E-state index in [9.17, 15) is 4.79 Å². The quantitative estimate of drug-likeness (QED) is 0.837. The van der Waals surface area contributed by atoms with Crippen molar-refractivity contribution in [2.45, 2.75) is 44.7 Å². The van der Waals surface area contributed by atoms with Gasteiger partial charge in [-0.2, -0.15) is 0 Å². The van der Waals surface area contributed by atoms with Gasteiger partial charge in [0.05, 0.1) is 13.0 Å². The van der Waals surface area contributed by atoms with Crippen LogP contribution >= 0.6 is 28.3 Å². The maximum atomic E-state index is 12.4. The largest absolute Gasteiger partial charge is 0.493 e. The number of rotatable bonds is 5. The fourth-order valence-corrected chi connectivity index (χ4v) is 3.15. The van der Waals surface area contributed by atoms with Gasteiger partial charge in [-0.1, -0.05) is 22.0 Å². The summed E-state index contributed by atoms with van der Waals surface area (Å²) in [7, 11) is 0. The van der Waals surface area contributed by atoms with Gasteiger partial charge in [-0.05, 0) is 44.4 Å². The van der Waals surface area contributed by atoms with E-state index in [1.54, 1.807) is 0 Å². The van der Waals surface area contributed by atoms with E-state index >= 15 is 0 Å². The minimum absolute atomic E-state index is 0. The SMILES string of the molecule is CC(N)C1CCCCN1C(=O)CCOc1cccc(Br)c1.Cl. The molecule has 4 nitrogen and oxygen atoms in total. The molecule has 1 amide bonds. The molecule has 1 saturated heterocycles. The molecule has 6 heteroatoms. The van der Waals surface area contributed by atoms with Gasteiger partial charge in [-0.25, -0.2) is 0 Å². The Kier molecular flexibility index (Phi) is 8.21. The lowest BCUT2D eigenvalue weighted by Gasteiger charge is -2.38. The van der Waals surface area contributed by atoms with Crippen molar-refractivity contribution < 1.29 is 9.53 Å². The molecule has 2 rings (SSSR count). The summed E-state index contributed by atoms with van der Waals surface area (Å²) in [4.78, 5) is 14.3. The van der Waals surface area contributed by atoms with E-state index in [4.69, 9.17) is 10.5 Å². The van der Waals surface area contributed by atoms with Crippen LogP contribution in [0.1, 0.15) is 32.6 Å². The molecule has 0 spiro atoms. The molecule has 0 saturated carbocycles. The zero-order chi connectivity index (χ0) is 15.2. The van der Waals surface area contributed by atoms with E-state index in [1.807, 2.05) is 36.1 Å². The average molecular weight is 392 g/mol. The minimum Gasteiger partial charge on any atom is -0.493 e. The molecule has 1 aromatic carbocycles. The van der Waals surface area contributed by atoms with Crippen LogP contribution in [0.4, 0.5) is 0 Å². The van der Waals surface area contributed by atoms with Gasteiger partial charge >= 0.3 is 0 Å². The van der Waals surface area contributed by atoms with Crippen molar-refractivity contribution in [3.05, 3.63) is 28.7 Å². The topological polar surface area (TPSA) is 55.6 Å². The first kappa shape index (κ1) is 19.3. The lowest BCUT2D eigenvalue weighted by Crippen LogP contribution is -2.51. The molecule has 1 aromatic rings. The third-order valence-electron chi connectivity index (χ3n) is 3.86. The number of benzene rings is 1. The van der Waals surface area contributed by atoms with Crippen LogP contribution in [0.5, 0.6) is 5.75 Å². The number of amides is 1. The normalized spacial score (nSPS) is 19.2. The van der Waals surface area contributed by atoms with Crippen LogP contribution in [0.25, 0.3) is 0 Å². The van der Waals surface area contributed by atoms with Gasteiger partial charge in [0.2, 0.25) is 5.91 Å². The van der Waals surface area contributed by atoms with Crippen LogP contribution in [0.2, 0.25) is 0 Å². The molecule has 1 aliphatic rings. The highest BCUT2D eigenvalue weighted by Gasteiger charge is 2.28. The second kappa shape index (κ2) is 9.38. The van der Waals surface area contributed by atoms with Crippen molar-refractivity contribution >= 4 is 34.2 Å². The number of hydrogen-bond donors (Lipinski definition) is 1. The molecule has 22 heavy (non-hydrogen) atoms. The standard InChI is InChI=1S/C16H23BrN2O2.ClH/c1-12(18)15-7-2-3-9-19(15)16(20)8-10-21-14-6-4-5-13(17)11-14;/h4-6,11-12,15H,2-3,7-10,18H2,1H3;1H.